The number of benzene rings is 2. The number of halogens is 1. The van der Waals surface area contributed by atoms with Crippen LogP contribution >= 0.6 is 0 Å². The van der Waals surface area contributed by atoms with Gasteiger partial charge in [-0.15, -0.1) is 0 Å². The topological polar surface area (TPSA) is 63.2 Å². The van der Waals surface area contributed by atoms with E-state index in [1.54, 1.807) is 25.4 Å². The van der Waals surface area contributed by atoms with Gasteiger partial charge in [-0.3, -0.25) is 4.79 Å². The van der Waals surface area contributed by atoms with E-state index in [0.29, 0.717) is 5.82 Å². The SMILES string of the molecule is COc1ccc(CCNc2ccc(NC(=O)c3ccccc3F)nc2)cc1. The molecule has 0 atom stereocenters. The fourth-order valence-electron chi connectivity index (χ4n) is 2.54. The molecule has 0 unspecified atom stereocenters. The molecule has 1 amide bonds. The van der Waals surface area contributed by atoms with Crippen molar-refractivity contribution >= 4 is 17.4 Å². The number of aromatic nitrogens is 1. The summed E-state index contributed by atoms with van der Waals surface area (Å²) in [6.45, 7) is 0.745. The van der Waals surface area contributed by atoms with Crippen LogP contribution < -0.4 is 15.4 Å². The smallest absolute Gasteiger partial charge is 0.259 e. The quantitative estimate of drug-likeness (QED) is 0.661. The van der Waals surface area contributed by atoms with Crippen molar-refractivity contribution < 1.29 is 13.9 Å². The van der Waals surface area contributed by atoms with Crippen LogP contribution in [0.15, 0.2) is 66.9 Å². The van der Waals surface area contributed by atoms with Gasteiger partial charge in [0, 0.05) is 6.54 Å². The normalized spacial score (nSPS) is 10.3. The fraction of sp³-hybridized carbons (Fsp3) is 0.143. The molecule has 0 aliphatic carbocycles. The van der Waals surface area contributed by atoms with Gasteiger partial charge in [0.15, 0.2) is 0 Å². The number of rotatable bonds is 7. The van der Waals surface area contributed by atoms with E-state index in [2.05, 4.69) is 15.6 Å². The summed E-state index contributed by atoms with van der Waals surface area (Å²) in [6.07, 6.45) is 2.49. The zero-order chi connectivity index (χ0) is 19.1. The molecule has 2 N–H and O–H groups in total. The number of hydrogen-bond donors (Lipinski definition) is 2. The third kappa shape index (κ3) is 5.04. The first kappa shape index (κ1) is 18.4. The van der Waals surface area contributed by atoms with Crippen LogP contribution in [0.2, 0.25) is 0 Å². The van der Waals surface area contributed by atoms with Crippen molar-refractivity contribution in [3.63, 3.8) is 0 Å². The van der Waals surface area contributed by atoms with Crippen LogP contribution in [0.4, 0.5) is 15.9 Å². The Morgan fingerprint density at radius 3 is 2.52 bits per heavy atom. The molecule has 0 spiro atoms. The Morgan fingerprint density at radius 2 is 1.85 bits per heavy atom. The Bertz CT molecular complexity index is 896. The second-order valence-corrected chi connectivity index (χ2v) is 5.89. The van der Waals surface area contributed by atoms with Gasteiger partial charge in [-0.1, -0.05) is 24.3 Å². The van der Waals surface area contributed by atoms with Crippen molar-refractivity contribution in [3.8, 4) is 5.75 Å². The number of carbonyl (C=O) groups excluding carboxylic acids is 1. The third-order valence-electron chi connectivity index (χ3n) is 4.03. The molecular formula is C21H20FN3O2. The van der Waals surface area contributed by atoms with Crippen LogP contribution in [-0.4, -0.2) is 24.5 Å². The Morgan fingerprint density at radius 1 is 1.07 bits per heavy atom. The molecule has 0 fully saturated rings. The zero-order valence-electron chi connectivity index (χ0n) is 14.9. The Labute approximate surface area is 157 Å². The lowest BCUT2D eigenvalue weighted by Crippen LogP contribution is -2.14. The summed E-state index contributed by atoms with van der Waals surface area (Å²) in [5.41, 5.74) is 2.03. The zero-order valence-corrected chi connectivity index (χ0v) is 14.9. The maximum absolute atomic E-state index is 13.6. The van der Waals surface area contributed by atoms with E-state index in [1.165, 1.54) is 23.8 Å². The lowest BCUT2D eigenvalue weighted by Gasteiger charge is -2.09. The van der Waals surface area contributed by atoms with E-state index in [1.807, 2.05) is 30.3 Å². The Hall–Kier alpha value is -3.41. The van der Waals surface area contributed by atoms with Gasteiger partial charge < -0.3 is 15.4 Å². The first-order valence-corrected chi connectivity index (χ1v) is 8.54. The molecule has 0 saturated carbocycles. The van der Waals surface area contributed by atoms with Crippen LogP contribution in [0.25, 0.3) is 0 Å². The van der Waals surface area contributed by atoms with E-state index in [9.17, 15) is 9.18 Å². The highest BCUT2D eigenvalue weighted by Gasteiger charge is 2.11. The summed E-state index contributed by atoms with van der Waals surface area (Å²) in [5, 5.41) is 5.87. The minimum atomic E-state index is -0.563. The number of ether oxygens (including phenoxy) is 1. The largest absolute Gasteiger partial charge is 0.497 e. The summed E-state index contributed by atoms with van der Waals surface area (Å²) in [6, 6.07) is 17.2. The summed E-state index contributed by atoms with van der Waals surface area (Å²) in [4.78, 5) is 16.3. The van der Waals surface area contributed by atoms with Gasteiger partial charge >= 0.3 is 0 Å². The highest BCUT2D eigenvalue weighted by Crippen LogP contribution is 2.14. The average molecular weight is 365 g/mol. The molecule has 0 aliphatic heterocycles. The van der Waals surface area contributed by atoms with Crippen molar-refractivity contribution in [2.75, 3.05) is 24.3 Å². The van der Waals surface area contributed by atoms with Crippen LogP contribution in [0, 0.1) is 5.82 Å². The van der Waals surface area contributed by atoms with Gasteiger partial charge in [0.1, 0.15) is 17.4 Å². The maximum atomic E-state index is 13.6. The minimum Gasteiger partial charge on any atom is -0.497 e. The summed E-state index contributed by atoms with van der Waals surface area (Å²) in [5.74, 6) is 0.112. The number of methoxy groups -OCH3 is 1. The van der Waals surface area contributed by atoms with Gasteiger partial charge in [0.2, 0.25) is 0 Å². The van der Waals surface area contributed by atoms with E-state index in [0.717, 1.165) is 24.4 Å². The average Bonchev–Trinajstić information content (AvgIpc) is 2.70. The van der Waals surface area contributed by atoms with Crippen molar-refractivity contribution in [1.29, 1.82) is 0 Å². The lowest BCUT2D eigenvalue weighted by atomic mass is 10.1. The summed E-state index contributed by atoms with van der Waals surface area (Å²) >= 11 is 0. The predicted molar refractivity (Wildman–Crippen MR) is 104 cm³/mol. The standard InChI is InChI=1S/C21H20FN3O2/c1-27-17-9-6-15(7-10-17)12-13-23-16-8-11-20(24-14-16)25-21(26)18-4-2-3-5-19(18)22/h2-11,14,23H,12-13H2,1H3,(H,24,25,26). The van der Waals surface area contributed by atoms with E-state index in [-0.39, 0.29) is 5.56 Å². The predicted octanol–water partition coefficient (Wildman–Crippen LogP) is 4.14. The third-order valence-corrected chi connectivity index (χ3v) is 4.03. The van der Waals surface area contributed by atoms with Crippen molar-refractivity contribution in [2.45, 2.75) is 6.42 Å². The van der Waals surface area contributed by atoms with Gasteiger partial charge in [0.05, 0.1) is 24.6 Å². The second-order valence-electron chi connectivity index (χ2n) is 5.89. The van der Waals surface area contributed by atoms with Crippen molar-refractivity contribution in [2.24, 2.45) is 0 Å². The van der Waals surface area contributed by atoms with Gasteiger partial charge in [-0.2, -0.15) is 0 Å². The number of hydrogen-bond acceptors (Lipinski definition) is 4. The van der Waals surface area contributed by atoms with Crippen molar-refractivity contribution in [3.05, 3.63) is 83.8 Å². The van der Waals surface area contributed by atoms with Gasteiger partial charge in [-0.05, 0) is 48.4 Å². The summed E-state index contributed by atoms with van der Waals surface area (Å²) in [7, 11) is 1.64. The molecule has 3 rings (SSSR count). The molecule has 0 saturated heterocycles. The number of anilines is 2. The van der Waals surface area contributed by atoms with Crippen LogP contribution in [0.1, 0.15) is 15.9 Å². The second kappa shape index (κ2) is 8.80. The van der Waals surface area contributed by atoms with E-state index in [4.69, 9.17) is 4.74 Å². The molecule has 5 nitrogen and oxygen atoms in total. The number of nitrogens with one attached hydrogen (secondary N) is 2. The molecule has 3 aromatic rings. The number of amides is 1. The first-order valence-electron chi connectivity index (χ1n) is 8.54. The minimum absolute atomic E-state index is 0.0130. The highest BCUT2D eigenvalue weighted by atomic mass is 19.1. The van der Waals surface area contributed by atoms with Gasteiger partial charge in [-0.25, -0.2) is 9.37 Å². The molecule has 1 aromatic heterocycles. The maximum Gasteiger partial charge on any atom is 0.259 e. The highest BCUT2D eigenvalue weighted by molar-refractivity contribution is 6.03. The number of pyridine rings is 1. The monoisotopic (exact) mass is 365 g/mol. The molecular weight excluding hydrogens is 345 g/mol. The van der Waals surface area contributed by atoms with Gasteiger partial charge in [0.25, 0.3) is 5.91 Å². The van der Waals surface area contributed by atoms with E-state index < -0.39 is 11.7 Å². The number of carbonyl (C=O) groups is 1. The van der Waals surface area contributed by atoms with Crippen LogP contribution in [0.3, 0.4) is 0 Å². The van der Waals surface area contributed by atoms with Crippen LogP contribution in [0.5, 0.6) is 5.75 Å². The van der Waals surface area contributed by atoms with Crippen molar-refractivity contribution in [1.82, 2.24) is 4.98 Å². The molecule has 138 valence electrons. The fourth-order valence-corrected chi connectivity index (χ4v) is 2.54. The molecule has 0 aliphatic rings. The molecule has 6 heteroatoms. The Balaban J connectivity index is 1.51. The molecule has 0 radical (unpaired) electrons. The lowest BCUT2D eigenvalue weighted by molar-refractivity contribution is 0.102. The first-order chi connectivity index (χ1) is 13.2. The molecule has 0 bridgehead atoms. The molecule has 27 heavy (non-hydrogen) atoms. The van der Waals surface area contributed by atoms with Crippen LogP contribution in [-0.2, 0) is 6.42 Å². The molecule has 1 heterocycles. The number of nitrogens with zero attached hydrogens (tertiary/aromatic N) is 1. The Kier molecular flexibility index (Phi) is 5.99. The molecule has 2 aromatic carbocycles. The summed E-state index contributed by atoms with van der Waals surface area (Å²) < 4.78 is 18.8. The van der Waals surface area contributed by atoms with E-state index >= 15 is 0 Å².